The van der Waals surface area contributed by atoms with E-state index >= 15 is 0 Å². The minimum Gasteiger partial charge on any atom is -0.493 e. The average Bonchev–Trinajstić information content (AvgIpc) is 3.05. The van der Waals surface area contributed by atoms with Gasteiger partial charge in [-0.15, -0.1) is 0 Å². The Morgan fingerprint density at radius 3 is 2.16 bits per heavy atom. The van der Waals surface area contributed by atoms with Gasteiger partial charge in [0.15, 0.2) is 5.78 Å². The summed E-state index contributed by atoms with van der Waals surface area (Å²) >= 11 is 0. The summed E-state index contributed by atoms with van der Waals surface area (Å²) in [5.74, 6) is -0.516. The third-order valence-corrected chi connectivity index (χ3v) is 6.71. The van der Waals surface area contributed by atoms with E-state index in [4.69, 9.17) is 4.74 Å². The fourth-order valence-corrected chi connectivity index (χ4v) is 4.56. The van der Waals surface area contributed by atoms with E-state index in [2.05, 4.69) is 10.6 Å². The van der Waals surface area contributed by atoms with Crippen molar-refractivity contribution in [3.63, 3.8) is 0 Å². The molecule has 0 unspecified atom stereocenters. The second kappa shape index (κ2) is 13.7. The van der Waals surface area contributed by atoms with Crippen molar-refractivity contribution >= 4 is 46.2 Å². The van der Waals surface area contributed by atoms with E-state index in [-0.39, 0.29) is 11.5 Å². The molecule has 43 heavy (non-hydrogen) atoms. The highest BCUT2D eigenvalue weighted by molar-refractivity contribution is 6.11. The van der Waals surface area contributed by atoms with Crippen molar-refractivity contribution in [1.29, 1.82) is 0 Å². The lowest BCUT2D eigenvalue weighted by molar-refractivity contribution is -0.113. The van der Waals surface area contributed by atoms with Crippen LogP contribution in [0.4, 0.5) is 5.69 Å². The number of allylic oxidation sites excluding steroid dienone is 1. The molecule has 0 fully saturated rings. The molecule has 0 saturated heterocycles. The Balaban J connectivity index is 1.34. The van der Waals surface area contributed by atoms with Crippen LogP contribution in [0.2, 0.25) is 0 Å². The zero-order valence-electron chi connectivity index (χ0n) is 23.6. The van der Waals surface area contributed by atoms with Crippen LogP contribution in [-0.4, -0.2) is 24.2 Å². The molecule has 0 radical (unpaired) electrons. The minimum atomic E-state index is -0.523. The third-order valence-electron chi connectivity index (χ3n) is 6.71. The first-order valence-electron chi connectivity index (χ1n) is 13.9. The van der Waals surface area contributed by atoms with Crippen LogP contribution >= 0.6 is 0 Å². The molecule has 212 valence electrons. The number of carbonyl (C=O) groups is 3. The van der Waals surface area contributed by atoms with Crippen LogP contribution in [-0.2, 0) is 4.79 Å². The minimum absolute atomic E-state index is 0.0409. The predicted molar refractivity (Wildman–Crippen MR) is 172 cm³/mol. The van der Waals surface area contributed by atoms with Gasteiger partial charge >= 0.3 is 0 Å². The second-order valence-electron chi connectivity index (χ2n) is 9.65. The Kier molecular flexibility index (Phi) is 9.19. The molecule has 0 aliphatic rings. The average molecular weight is 567 g/mol. The van der Waals surface area contributed by atoms with Crippen LogP contribution in [0.5, 0.6) is 5.75 Å². The van der Waals surface area contributed by atoms with Gasteiger partial charge in [-0.2, -0.15) is 0 Å². The van der Waals surface area contributed by atoms with Crippen LogP contribution in [0.1, 0.15) is 38.8 Å². The van der Waals surface area contributed by atoms with Gasteiger partial charge in [0.05, 0.1) is 6.61 Å². The number of amides is 2. The lowest BCUT2D eigenvalue weighted by Crippen LogP contribution is -2.30. The van der Waals surface area contributed by atoms with Crippen molar-refractivity contribution in [2.75, 3.05) is 11.9 Å². The maximum Gasteiger partial charge on any atom is 0.272 e. The molecule has 0 saturated carbocycles. The maximum atomic E-state index is 13.4. The van der Waals surface area contributed by atoms with Gasteiger partial charge in [-0.1, -0.05) is 84.9 Å². The first-order valence-corrected chi connectivity index (χ1v) is 13.9. The van der Waals surface area contributed by atoms with Gasteiger partial charge in [0.2, 0.25) is 0 Å². The Labute approximate surface area is 250 Å². The molecule has 5 rings (SSSR count). The summed E-state index contributed by atoms with van der Waals surface area (Å²) in [5.41, 5.74) is 3.00. The second-order valence-corrected chi connectivity index (χ2v) is 9.65. The first-order chi connectivity index (χ1) is 21.0. The standard InChI is InChI=1S/C37H30N2O4/c1-2-43-35-18-9-7-14-30(35)25-33(39-36(41)29-12-4-3-5-13-29)37(42)38-31-22-19-28(20-23-31)34(40)24-21-27-16-10-15-26-11-6-8-17-32(26)27/h3-25H,2H2,1H3,(H,38,42)(H,39,41)/b24-21+,33-25-. The number of hydrogen-bond acceptors (Lipinski definition) is 4. The van der Waals surface area contributed by atoms with Crippen LogP contribution in [0, 0.1) is 0 Å². The predicted octanol–water partition coefficient (Wildman–Crippen LogP) is 7.54. The van der Waals surface area contributed by atoms with Gasteiger partial charge in [-0.3, -0.25) is 14.4 Å². The van der Waals surface area contributed by atoms with Crippen LogP contribution in [0.25, 0.3) is 22.9 Å². The fraction of sp³-hybridized carbons (Fsp3) is 0.0541. The number of para-hydroxylation sites is 1. The molecule has 6 heteroatoms. The van der Waals surface area contributed by atoms with E-state index < -0.39 is 11.8 Å². The van der Waals surface area contributed by atoms with E-state index in [1.165, 1.54) is 0 Å². The molecule has 0 atom stereocenters. The lowest BCUT2D eigenvalue weighted by atomic mass is 10.0. The van der Waals surface area contributed by atoms with Crippen LogP contribution in [0.3, 0.4) is 0 Å². The van der Waals surface area contributed by atoms with Crippen molar-refractivity contribution in [3.05, 3.63) is 155 Å². The quantitative estimate of drug-likeness (QED) is 0.135. The highest BCUT2D eigenvalue weighted by Crippen LogP contribution is 2.22. The summed E-state index contributed by atoms with van der Waals surface area (Å²) in [7, 11) is 0. The zero-order valence-corrected chi connectivity index (χ0v) is 23.6. The number of fused-ring (bicyclic) bond motifs is 1. The number of carbonyl (C=O) groups excluding carboxylic acids is 3. The lowest BCUT2D eigenvalue weighted by Gasteiger charge is -2.13. The van der Waals surface area contributed by atoms with Gasteiger partial charge < -0.3 is 15.4 Å². The van der Waals surface area contributed by atoms with E-state index in [1.807, 2.05) is 73.7 Å². The highest BCUT2D eigenvalue weighted by Gasteiger charge is 2.16. The number of rotatable bonds is 10. The molecule has 2 amide bonds. The molecule has 0 spiro atoms. The molecule has 0 aliphatic heterocycles. The molecular formula is C37H30N2O4. The maximum absolute atomic E-state index is 13.4. The van der Waals surface area contributed by atoms with Crippen molar-refractivity contribution < 1.29 is 19.1 Å². The number of hydrogen-bond donors (Lipinski definition) is 2. The van der Waals surface area contributed by atoms with Crippen molar-refractivity contribution in [1.82, 2.24) is 5.32 Å². The van der Waals surface area contributed by atoms with Gasteiger partial charge in [-0.05, 0) is 77.9 Å². The monoisotopic (exact) mass is 566 g/mol. The van der Waals surface area contributed by atoms with Crippen LogP contribution < -0.4 is 15.4 Å². The Hall–Kier alpha value is -5.75. The number of benzene rings is 5. The molecule has 5 aromatic rings. The molecule has 0 heterocycles. The Bertz CT molecular complexity index is 1820. The Morgan fingerprint density at radius 2 is 1.37 bits per heavy atom. The topological polar surface area (TPSA) is 84.5 Å². The normalized spacial score (nSPS) is 11.3. The SMILES string of the molecule is CCOc1ccccc1/C=C(\NC(=O)c1ccccc1)C(=O)Nc1ccc(C(=O)/C=C/c2cccc3ccccc23)cc1. The Morgan fingerprint density at radius 1 is 0.698 bits per heavy atom. The van der Waals surface area contributed by atoms with Crippen molar-refractivity contribution in [2.24, 2.45) is 0 Å². The zero-order chi connectivity index (χ0) is 30.0. The summed E-state index contributed by atoms with van der Waals surface area (Å²) in [4.78, 5) is 39.3. The molecule has 6 nitrogen and oxygen atoms in total. The van der Waals surface area contributed by atoms with E-state index in [9.17, 15) is 14.4 Å². The summed E-state index contributed by atoms with van der Waals surface area (Å²) in [6.45, 7) is 2.32. The highest BCUT2D eigenvalue weighted by atomic mass is 16.5. The smallest absolute Gasteiger partial charge is 0.272 e. The molecule has 0 aromatic heterocycles. The van der Waals surface area contributed by atoms with E-state index in [0.29, 0.717) is 34.7 Å². The van der Waals surface area contributed by atoms with E-state index in [1.54, 1.807) is 72.8 Å². The van der Waals surface area contributed by atoms with Gasteiger partial charge in [0, 0.05) is 22.4 Å². The summed E-state index contributed by atoms with van der Waals surface area (Å²) in [6.07, 6.45) is 4.94. The number of ether oxygens (including phenoxy) is 1. The first kappa shape index (κ1) is 28.8. The molecule has 0 bridgehead atoms. The van der Waals surface area contributed by atoms with Crippen molar-refractivity contribution in [2.45, 2.75) is 6.92 Å². The third kappa shape index (κ3) is 7.31. The van der Waals surface area contributed by atoms with Crippen molar-refractivity contribution in [3.8, 4) is 5.75 Å². The van der Waals surface area contributed by atoms with Gasteiger partial charge in [-0.25, -0.2) is 0 Å². The molecule has 0 aliphatic carbocycles. The number of ketones is 1. The van der Waals surface area contributed by atoms with Gasteiger partial charge in [0.25, 0.3) is 11.8 Å². The van der Waals surface area contributed by atoms with Crippen LogP contribution in [0.15, 0.2) is 133 Å². The summed E-state index contributed by atoms with van der Waals surface area (Å²) < 4.78 is 5.70. The van der Waals surface area contributed by atoms with Gasteiger partial charge in [0.1, 0.15) is 11.4 Å². The number of anilines is 1. The van der Waals surface area contributed by atoms with E-state index in [0.717, 1.165) is 16.3 Å². The fourth-order valence-electron chi connectivity index (χ4n) is 4.56. The summed E-state index contributed by atoms with van der Waals surface area (Å²) in [6, 6.07) is 36.5. The number of nitrogens with one attached hydrogen (secondary N) is 2. The molecular weight excluding hydrogens is 536 g/mol. The largest absolute Gasteiger partial charge is 0.493 e. The molecule has 5 aromatic carbocycles. The summed E-state index contributed by atoms with van der Waals surface area (Å²) in [5, 5.41) is 7.73. The molecule has 2 N–H and O–H groups in total.